The number of ether oxygens (including phenoxy) is 1. The van der Waals surface area contributed by atoms with Gasteiger partial charge in [-0.15, -0.1) is 17.8 Å². The fourth-order valence-electron chi connectivity index (χ4n) is 1.22. The lowest BCUT2D eigenvalue weighted by atomic mass is 10.2. The second-order valence-corrected chi connectivity index (χ2v) is 3.35. The SMILES string of the molecule is C#Cc1ccc2ncsc2c1OC. The summed E-state index contributed by atoms with van der Waals surface area (Å²) in [6.07, 6.45) is 5.34. The zero-order chi connectivity index (χ0) is 9.26. The highest BCUT2D eigenvalue weighted by molar-refractivity contribution is 7.17. The molecule has 0 fully saturated rings. The topological polar surface area (TPSA) is 22.1 Å². The van der Waals surface area contributed by atoms with Crippen molar-refractivity contribution in [1.82, 2.24) is 4.98 Å². The minimum atomic E-state index is 0.752. The summed E-state index contributed by atoms with van der Waals surface area (Å²) in [5, 5.41) is 0. The fraction of sp³-hybridized carbons (Fsp3) is 0.100. The lowest BCUT2D eigenvalue weighted by Crippen LogP contribution is -1.87. The van der Waals surface area contributed by atoms with Gasteiger partial charge in [-0.3, -0.25) is 0 Å². The largest absolute Gasteiger partial charge is 0.494 e. The van der Waals surface area contributed by atoms with Gasteiger partial charge in [0.25, 0.3) is 0 Å². The van der Waals surface area contributed by atoms with E-state index in [9.17, 15) is 0 Å². The zero-order valence-electron chi connectivity index (χ0n) is 7.07. The van der Waals surface area contributed by atoms with Crippen LogP contribution in [0.5, 0.6) is 5.75 Å². The van der Waals surface area contributed by atoms with Gasteiger partial charge in [0.1, 0.15) is 0 Å². The predicted octanol–water partition coefficient (Wildman–Crippen LogP) is 2.29. The van der Waals surface area contributed by atoms with Crippen molar-refractivity contribution in [2.45, 2.75) is 0 Å². The Labute approximate surface area is 80.2 Å². The highest BCUT2D eigenvalue weighted by Crippen LogP contribution is 2.31. The molecular weight excluding hydrogens is 182 g/mol. The van der Waals surface area contributed by atoms with Gasteiger partial charge in [-0.2, -0.15) is 0 Å². The molecule has 0 aliphatic carbocycles. The smallest absolute Gasteiger partial charge is 0.153 e. The van der Waals surface area contributed by atoms with Crippen molar-refractivity contribution >= 4 is 21.6 Å². The van der Waals surface area contributed by atoms with Crippen molar-refractivity contribution in [3.8, 4) is 18.1 Å². The molecule has 13 heavy (non-hydrogen) atoms. The Balaban J connectivity index is 2.84. The highest BCUT2D eigenvalue weighted by atomic mass is 32.1. The predicted molar refractivity (Wildman–Crippen MR) is 54.1 cm³/mol. The van der Waals surface area contributed by atoms with E-state index in [0.717, 1.165) is 21.5 Å². The molecule has 64 valence electrons. The Hall–Kier alpha value is -1.53. The molecule has 0 N–H and O–H groups in total. The second-order valence-electron chi connectivity index (χ2n) is 2.49. The van der Waals surface area contributed by atoms with Crippen LogP contribution in [0.2, 0.25) is 0 Å². The number of thiazole rings is 1. The molecule has 3 heteroatoms. The third-order valence-corrected chi connectivity index (χ3v) is 2.65. The van der Waals surface area contributed by atoms with Crippen LogP contribution in [0.15, 0.2) is 17.6 Å². The van der Waals surface area contributed by atoms with Crippen LogP contribution in [-0.2, 0) is 0 Å². The first kappa shape index (κ1) is 8.09. The van der Waals surface area contributed by atoms with Crippen molar-refractivity contribution in [1.29, 1.82) is 0 Å². The quantitative estimate of drug-likeness (QED) is 0.642. The maximum absolute atomic E-state index is 5.34. The van der Waals surface area contributed by atoms with Crippen LogP contribution >= 0.6 is 11.3 Å². The average molecular weight is 189 g/mol. The summed E-state index contributed by atoms with van der Waals surface area (Å²) in [6.45, 7) is 0. The summed E-state index contributed by atoms with van der Waals surface area (Å²) >= 11 is 1.54. The molecule has 0 aliphatic rings. The molecule has 1 aromatic carbocycles. The Morgan fingerprint density at radius 1 is 1.54 bits per heavy atom. The molecule has 1 aromatic heterocycles. The van der Waals surface area contributed by atoms with Crippen LogP contribution < -0.4 is 4.74 Å². The first-order chi connectivity index (χ1) is 6.36. The summed E-state index contributed by atoms with van der Waals surface area (Å²) in [7, 11) is 1.62. The lowest BCUT2D eigenvalue weighted by Gasteiger charge is -2.02. The van der Waals surface area contributed by atoms with Crippen LogP contribution in [0.3, 0.4) is 0 Å². The van der Waals surface area contributed by atoms with Crippen LogP contribution in [0, 0.1) is 12.3 Å². The van der Waals surface area contributed by atoms with Crippen molar-refractivity contribution in [3.05, 3.63) is 23.2 Å². The molecule has 0 aliphatic heterocycles. The molecule has 1 heterocycles. The maximum Gasteiger partial charge on any atom is 0.153 e. The van der Waals surface area contributed by atoms with Crippen molar-refractivity contribution in [2.75, 3.05) is 7.11 Å². The number of fused-ring (bicyclic) bond motifs is 1. The Kier molecular flexibility index (Phi) is 1.91. The lowest BCUT2D eigenvalue weighted by molar-refractivity contribution is 0.419. The molecule has 0 atom stereocenters. The van der Waals surface area contributed by atoms with Crippen LogP contribution in [0.4, 0.5) is 0 Å². The molecule has 2 rings (SSSR count). The van der Waals surface area contributed by atoms with E-state index in [1.54, 1.807) is 12.6 Å². The minimum Gasteiger partial charge on any atom is -0.494 e. The normalized spacial score (nSPS) is 9.85. The van der Waals surface area contributed by atoms with E-state index in [1.165, 1.54) is 11.3 Å². The van der Waals surface area contributed by atoms with Gasteiger partial charge >= 0.3 is 0 Å². The standard InChI is InChI=1S/C10H7NOS/c1-3-7-4-5-8-10(9(7)12-2)13-6-11-8/h1,4-6H,2H3. The number of methoxy groups -OCH3 is 1. The summed E-state index contributed by atoms with van der Waals surface area (Å²) < 4.78 is 6.25. The van der Waals surface area contributed by atoms with E-state index in [2.05, 4.69) is 10.9 Å². The third kappa shape index (κ3) is 1.16. The van der Waals surface area contributed by atoms with Gasteiger partial charge in [0, 0.05) is 0 Å². The summed E-state index contributed by atoms with van der Waals surface area (Å²) in [4.78, 5) is 4.17. The first-order valence-corrected chi connectivity index (χ1v) is 4.61. The van der Waals surface area contributed by atoms with Crippen molar-refractivity contribution in [2.24, 2.45) is 0 Å². The zero-order valence-corrected chi connectivity index (χ0v) is 7.89. The van der Waals surface area contributed by atoms with E-state index in [4.69, 9.17) is 11.2 Å². The van der Waals surface area contributed by atoms with Gasteiger partial charge in [-0.1, -0.05) is 5.92 Å². The molecule has 2 aromatic rings. The molecule has 0 spiro atoms. The Morgan fingerprint density at radius 3 is 3.08 bits per heavy atom. The van der Waals surface area contributed by atoms with Gasteiger partial charge in [0.2, 0.25) is 0 Å². The number of aromatic nitrogens is 1. The number of terminal acetylenes is 1. The van der Waals surface area contributed by atoms with E-state index in [-0.39, 0.29) is 0 Å². The van der Waals surface area contributed by atoms with E-state index in [1.807, 2.05) is 12.1 Å². The van der Waals surface area contributed by atoms with Gasteiger partial charge in [0.05, 0.1) is 28.4 Å². The molecule has 0 amide bonds. The molecule has 0 radical (unpaired) electrons. The number of hydrogen-bond acceptors (Lipinski definition) is 3. The van der Waals surface area contributed by atoms with Crippen LogP contribution in [0.1, 0.15) is 5.56 Å². The number of benzene rings is 1. The van der Waals surface area contributed by atoms with Crippen molar-refractivity contribution in [3.63, 3.8) is 0 Å². The monoisotopic (exact) mass is 189 g/mol. The number of rotatable bonds is 1. The van der Waals surface area contributed by atoms with E-state index < -0.39 is 0 Å². The van der Waals surface area contributed by atoms with Crippen LogP contribution in [0.25, 0.3) is 10.2 Å². The summed E-state index contributed by atoms with van der Waals surface area (Å²) in [6, 6.07) is 3.75. The molecule has 0 saturated carbocycles. The third-order valence-electron chi connectivity index (χ3n) is 1.81. The fourth-order valence-corrected chi connectivity index (χ4v) is 2.03. The van der Waals surface area contributed by atoms with Gasteiger partial charge < -0.3 is 4.74 Å². The Bertz CT molecular complexity index is 481. The minimum absolute atomic E-state index is 0.752. The maximum atomic E-state index is 5.34. The van der Waals surface area contributed by atoms with E-state index in [0.29, 0.717) is 0 Å². The average Bonchev–Trinajstić information content (AvgIpc) is 2.63. The van der Waals surface area contributed by atoms with Crippen molar-refractivity contribution < 1.29 is 4.74 Å². The van der Waals surface area contributed by atoms with Gasteiger partial charge in [-0.25, -0.2) is 4.98 Å². The van der Waals surface area contributed by atoms with Gasteiger partial charge in [0.15, 0.2) is 5.75 Å². The molecule has 2 nitrogen and oxygen atoms in total. The second kappa shape index (κ2) is 3.08. The molecule has 0 unspecified atom stereocenters. The van der Waals surface area contributed by atoms with Crippen LogP contribution in [-0.4, -0.2) is 12.1 Å². The molecular formula is C10H7NOS. The molecule has 0 saturated heterocycles. The van der Waals surface area contributed by atoms with Gasteiger partial charge in [-0.05, 0) is 12.1 Å². The number of hydrogen-bond donors (Lipinski definition) is 0. The highest BCUT2D eigenvalue weighted by Gasteiger charge is 2.07. The summed E-state index contributed by atoms with van der Waals surface area (Å²) in [5.74, 6) is 3.33. The molecule has 0 bridgehead atoms. The van der Waals surface area contributed by atoms with E-state index >= 15 is 0 Å². The number of nitrogens with zero attached hydrogens (tertiary/aromatic N) is 1. The first-order valence-electron chi connectivity index (χ1n) is 3.73. The summed E-state index contributed by atoms with van der Waals surface area (Å²) in [5.41, 5.74) is 3.49. The Morgan fingerprint density at radius 2 is 2.38 bits per heavy atom.